The van der Waals surface area contributed by atoms with Crippen molar-refractivity contribution in [3.63, 3.8) is 0 Å². The first-order chi connectivity index (χ1) is 5.93. The number of hydrogen-bond acceptors (Lipinski definition) is 3. The minimum atomic E-state index is -0.0885. The Bertz CT molecular complexity index is 304. The maximum Gasteiger partial charge on any atom is 0.135 e. The average Bonchev–Trinajstić information content (AvgIpc) is 2.01. The molecule has 0 saturated carbocycles. The van der Waals surface area contributed by atoms with E-state index in [0.717, 1.165) is 11.5 Å². The number of hydrogen-bond donors (Lipinski definition) is 1. The van der Waals surface area contributed by atoms with Gasteiger partial charge in [-0.1, -0.05) is 32.4 Å². The summed E-state index contributed by atoms with van der Waals surface area (Å²) in [6.07, 6.45) is 0. The van der Waals surface area contributed by atoms with E-state index in [4.69, 9.17) is 17.3 Å². The van der Waals surface area contributed by atoms with Gasteiger partial charge in [-0.25, -0.2) is 9.97 Å². The molecule has 0 unspecified atom stereocenters. The van der Waals surface area contributed by atoms with Gasteiger partial charge in [-0.15, -0.1) is 0 Å². The van der Waals surface area contributed by atoms with Crippen LogP contribution in [-0.2, 0) is 12.0 Å². The van der Waals surface area contributed by atoms with E-state index < -0.39 is 0 Å². The molecule has 4 heteroatoms. The Morgan fingerprint density at radius 1 is 1.38 bits per heavy atom. The summed E-state index contributed by atoms with van der Waals surface area (Å²) >= 11 is 5.83. The third-order valence-electron chi connectivity index (χ3n) is 1.63. The number of aromatic nitrogens is 2. The Balaban J connectivity index is 3.16. The van der Waals surface area contributed by atoms with Gasteiger partial charge in [0.25, 0.3) is 0 Å². The van der Waals surface area contributed by atoms with Crippen molar-refractivity contribution in [3.05, 3.63) is 22.7 Å². The molecule has 0 spiro atoms. The number of rotatable bonds is 1. The van der Waals surface area contributed by atoms with Gasteiger partial charge < -0.3 is 5.73 Å². The van der Waals surface area contributed by atoms with Gasteiger partial charge in [-0.3, -0.25) is 0 Å². The van der Waals surface area contributed by atoms with Crippen LogP contribution < -0.4 is 5.73 Å². The molecule has 0 fully saturated rings. The molecular weight excluding hydrogens is 186 g/mol. The molecule has 72 valence electrons. The zero-order valence-corrected chi connectivity index (χ0v) is 8.89. The van der Waals surface area contributed by atoms with Gasteiger partial charge in [-0.2, -0.15) is 0 Å². The molecule has 1 aromatic heterocycles. The van der Waals surface area contributed by atoms with Crippen LogP contribution >= 0.6 is 11.6 Å². The van der Waals surface area contributed by atoms with E-state index in [-0.39, 0.29) is 5.41 Å². The lowest BCUT2D eigenvalue weighted by Crippen LogP contribution is -2.17. The molecule has 0 aliphatic carbocycles. The van der Waals surface area contributed by atoms with Gasteiger partial charge in [0, 0.05) is 12.0 Å². The van der Waals surface area contributed by atoms with Crippen LogP contribution in [0.5, 0.6) is 0 Å². The van der Waals surface area contributed by atoms with Gasteiger partial charge >= 0.3 is 0 Å². The highest BCUT2D eigenvalue weighted by molar-refractivity contribution is 6.29. The van der Waals surface area contributed by atoms with Crippen molar-refractivity contribution >= 4 is 11.6 Å². The van der Waals surface area contributed by atoms with Crippen LogP contribution in [0, 0.1) is 0 Å². The van der Waals surface area contributed by atoms with Crippen molar-refractivity contribution in [2.24, 2.45) is 5.73 Å². The van der Waals surface area contributed by atoms with E-state index in [0.29, 0.717) is 11.7 Å². The smallest absolute Gasteiger partial charge is 0.135 e. The first-order valence-electron chi connectivity index (χ1n) is 4.17. The highest BCUT2D eigenvalue weighted by atomic mass is 35.5. The maximum absolute atomic E-state index is 5.83. The molecule has 0 radical (unpaired) electrons. The molecule has 0 aliphatic heterocycles. The largest absolute Gasteiger partial charge is 0.325 e. The lowest BCUT2D eigenvalue weighted by atomic mass is 9.96. The lowest BCUT2D eigenvalue weighted by molar-refractivity contribution is 0.541. The van der Waals surface area contributed by atoms with Crippen molar-refractivity contribution in [2.45, 2.75) is 32.7 Å². The monoisotopic (exact) mass is 199 g/mol. The van der Waals surface area contributed by atoms with Crippen molar-refractivity contribution < 1.29 is 0 Å². The summed E-state index contributed by atoms with van der Waals surface area (Å²) in [5.74, 6) is 0.737. The van der Waals surface area contributed by atoms with Crippen LogP contribution in [0.1, 0.15) is 32.3 Å². The van der Waals surface area contributed by atoms with Gasteiger partial charge in [0.05, 0.1) is 5.69 Å². The maximum atomic E-state index is 5.83. The number of halogens is 1. The topological polar surface area (TPSA) is 51.8 Å². The normalized spacial score (nSPS) is 11.8. The fraction of sp³-hybridized carbons (Fsp3) is 0.556. The van der Waals surface area contributed by atoms with Crippen LogP contribution in [0.3, 0.4) is 0 Å². The second-order valence-corrected chi connectivity index (χ2v) is 4.35. The molecule has 3 nitrogen and oxygen atoms in total. The van der Waals surface area contributed by atoms with E-state index in [1.54, 1.807) is 6.07 Å². The van der Waals surface area contributed by atoms with Crippen molar-refractivity contribution in [1.82, 2.24) is 9.97 Å². The Morgan fingerprint density at radius 2 is 2.00 bits per heavy atom. The zero-order chi connectivity index (χ0) is 10.1. The van der Waals surface area contributed by atoms with E-state index in [1.807, 2.05) is 20.8 Å². The molecule has 1 rings (SSSR count). The minimum Gasteiger partial charge on any atom is -0.325 e. The molecular formula is C9H14ClN3. The molecule has 0 bridgehead atoms. The Labute approximate surface area is 83.3 Å². The zero-order valence-electron chi connectivity index (χ0n) is 8.13. The van der Waals surface area contributed by atoms with Gasteiger partial charge in [0.1, 0.15) is 11.0 Å². The van der Waals surface area contributed by atoms with Crippen molar-refractivity contribution in [1.29, 1.82) is 0 Å². The van der Waals surface area contributed by atoms with Crippen LogP contribution in [0.25, 0.3) is 0 Å². The highest BCUT2D eigenvalue weighted by Gasteiger charge is 2.18. The van der Waals surface area contributed by atoms with Gasteiger partial charge in [0.2, 0.25) is 0 Å². The molecule has 1 aromatic rings. The minimum absolute atomic E-state index is 0.0885. The third-order valence-corrected chi connectivity index (χ3v) is 1.82. The molecule has 0 saturated heterocycles. The first kappa shape index (κ1) is 10.4. The fourth-order valence-electron chi connectivity index (χ4n) is 0.904. The summed E-state index contributed by atoms with van der Waals surface area (Å²) in [5, 5.41) is 0.459. The van der Waals surface area contributed by atoms with Crippen molar-refractivity contribution in [2.75, 3.05) is 0 Å². The van der Waals surface area contributed by atoms with E-state index >= 15 is 0 Å². The number of nitrogens with two attached hydrogens (primary N) is 1. The average molecular weight is 200 g/mol. The van der Waals surface area contributed by atoms with E-state index in [2.05, 4.69) is 9.97 Å². The predicted molar refractivity (Wildman–Crippen MR) is 53.6 cm³/mol. The summed E-state index contributed by atoms with van der Waals surface area (Å²) < 4.78 is 0. The Hall–Kier alpha value is -0.670. The number of nitrogens with zero attached hydrogens (tertiary/aromatic N) is 2. The van der Waals surface area contributed by atoms with Gasteiger partial charge in [-0.05, 0) is 6.07 Å². The molecule has 0 amide bonds. The highest BCUT2D eigenvalue weighted by Crippen LogP contribution is 2.20. The summed E-state index contributed by atoms with van der Waals surface area (Å²) in [5.41, 5.74) is 6.18. The Morgan fingerprint density at radius 3 is 2.46 bits per heavy atom. The summed E-state index contributed by atoms with van der Waals surface area (Å²) in [4.78, 5) is 8.45. The molecule has 0 aliphatic rings. The molecule has 13 heavy (non-hydrogen) atoms. The van der Waals surface area contributed by atoms with Crippen LogP contribution in [0.15, 0.2) is 6.07 Å². The second-order valence-electron chi connectivity index (χ2n) is 3.96. The van der Waals surface area contributed by atoms with E-state index in [1.165, 1.54) is 0 Å². The SMILES string of the molecule is CC(C)(C)c1nc(Cl)cc(CN)n1. The van der Waals surface area contributed by atoms with E-state index in [9.17, 15) is 0 Å². The fourth-order valence-corrected chi connectivity index (χ4v) is 1.11. The first-order valence-corrected chi connectivity index (χ1v) is 4.55. The van der Waals surface area contributed by atoms with Crippen molar-refractivity contribution in [3.8, 4) is 0 Å². The van der Waals surface area contributed by atoms with Crippen LogP contribution in [0.4, 0.5) is 0 Å². The Kier molecular flexibility index (Phi) is 2.88. The molecule has 2 N–H and O–H groups in total. The second kappa shape index (κ2) is 3.60. The summed E-state index contributed by atoms with van der Waals surface area (Å²) in [7, 11) is 0. The van der Waals surface area contributed by atoms with Crippen LogP contribution in [0.2, 0.25) is 5.15 Å². The standard InChI is InChI=1S/C9H14ClN3/c1-9(2,3)8-12-6(5-11)4-7(10)13-8/h4H,5,11H2,1-3H3. The summed E-state index contributed by atoms with van der Waals surface area (Å²) in [6.45, 7) is 6.52. The molecule has 0 aromatic carbocycles. The summed E-state index contributed by atoms with van der Waals surface area (Å²) in [6, 6.07) is 1.69. The molecule has 1 heterocycles. The quantitative estimate of drug-likeness (QED) is 0.703. The molecule has 0 atom stereocenters. The third kappa shape index (κ3) is 2.64. The van der Waals surface area contributed by atoms with Crippen LogP contribution in [-0.4, -0.2) is 9.97 Å². The van der Waals surface area contributed by atoms with Gasteiger partial charge in [0.15, 0.2) is 0 Å². The predicted octanol–water partition coefficient (Wildman–Crippen LogP) is 1.89. The lowest BCUT2D eigenvalue weighted by Gasteiger charge is -2.17.